The van der Waals surface area contributed by atoms with Crippen molar-refractivity contribution in [3.05, 3.63) is 12.2 Å². The summed E-state index contributed by atoms with van der Waals surface area (Å²) < 4.78 is 0. The Morgan fingerprint density at radius 3 is 2.36 bits per heavy atom. The summed E-state index contributed by atoms with van der Waals surface area (Å²) in [5.74, 6) is -0.132. The van der Waals surface area contributed by atoms with Crippen LogP contribution in [0.2, 0.25) is 0 Å². The van der Waals surface area contributed by atoms with E-state index in [0.717, 1.165) is 4.90 Å². The third-order valence-electron chi connectivity index (χ3n) is 1.73. The molecule has 0 bridgehead atoms. The maximum Gasteiger partial charge on any atom is 0.252 e. The minimum atomic E-state index is -0.475. The van der Waals surface area contributed by atoms with Gasteiger partial charge in [0.1, 0.15) is 0 Å². The van der Waals surface area contributed by atoms with E-state index in [-0.39, 0.29) is 12.5 Å². The third-order valence-corrected chi connectivity index (χ3v) is 1.73. The average Bonchev–Trinajstić information content (AvgIpc) is 2.15. The van der Waals surface area contributed by atoms with Crippen molar-refractivity contribution in [3.8, 4) is 0 Å². The molecule has 0 aromatic carbocycles. The number of allylic oxidation sites excluding steroid dienone is 1. The topological polar surface area (TPSA) is 57.6 Å². The third kappa shape index (κ3) is 4.18. The first kappa shape index (κ1) is 12.8. The minimum absolute atomic E-state index is 0.222. The molecule has 0 fully saturated rings. The molecule has 0 heterocycles. The second-order valence-corrected chi connectivity index (χ2v) is 3.49. The van der Waals surface area contributed by atoms with Crippen LogP contribution < -0.4 is 0 Å². The lowest BCUT2D eigenvalue weighted by molar-refractivity contribution is -0.137. The van der Waals surface area contributed by atoms with Crippen molar-refractivity contribution in [1.82, 2.24) is 4.90 Å². The van der Waals surface area contributed by atoms with Crippen LogP contribution in [0, 0.1) is 5.92 Å². The number of carbonyl (C=O) groups is 2. The van der Waals surface area contributed by atoms with Gasteiger partial charge in [-0.15, -0.1) is 0 Å². The van der Waals surface area contributed by atoms with Gasteiger partial charge in [0.25, 0.3) is 5.91 Å². The number of imide groups is 1. The van der Waals surface area contributed by atoms with Gasteiger partial charge in [0.05, 0.1) is 12.6 Å². The molecule has 80 valence electrons. The van der Waals surface area contributed by atoms with Crippen LogP contribution in [0.4, 0.5) is 0 Å². The molecule has 1 N–H and O–H groups in total. The van der Waals surface area contributed by atoms with E-state index in [2.05, 4.69) is 0 Å². The molecule has 0 spiro atoms. The fourth-order valence-corrected chi connectivity index (χ4v) is 0.822. The van der Waals surface area contributed by atoms with Crippen LogP contribution in [-0.4, -0.2) is 35.0 Å². The molecule has 1 atom stereocenters. The average molecular weight is 199 g/mol. The zero-order valence-electron chi connectivity index (χ0n) is 8.80. The molecule has 4 nitrogen and oxygen atoms in total. The molecule has 14 heavy (non-hydrogen) atoms. The Hall–Kier alpha value is -1.16. The molecule has 0 aliphatic heterocycles. The molecular formula is C10H17NO3. The molecule has 4 heteroatoms. The molecule has 0 aromatic heterocycles. The van der Waals surface area contributed by atoms with Gasteiger partial charge in [0.15, 0.2) is 0 Å². The van der Waals surface area contributed by atoms with Crippen molar-refractivity contribution in [2.75, 3.05) is 6.61 Å². The van der Waals surface area contributed by atoms with Crippen LogP contribution in [0.25, 0.3) is 0 Å². The van der Waals surface area contributed by atoms with Gasteiger partial charge in [-0.05, 0) is 18.9 Å². The highest BCUT2D eigenvalue weighted by Gasteiger charge is 2.15. The maximum absolute atomic E-state index is 11.4. The number of hydrogen-bond acceptors (Lipinski definition) is 3. The highest BCUT2D eigenvalue weighted by Crippen LogP contribution is 1.99. The van der Waals surface area contributed by atoms with Crippen LogP contribution >= 0.6 is 0 Å². The normalized spacial score (nSPS) is 13.2. The maximum atomic E-state index is 11.4. The van der Waals surface area contributed by atoms with Crippen molar-refractivity contribution in [2.45, 2.75) is 26.8 Å². The summed E-state index contributed by atoms with van der Waals surface area (Å²) in [4.78, 5) is 22.9. The Kier molecular flexibility index (Phi) is 5.79. The van der Waals surface area contributed by atoms with E-state index in [1.807, 2.05) is 13.8 Å². The summed E-state index contributed by atoms with van der Waals surface area (Å²) >= 11 is 0. The van der Waals surface area contributed by atoms with Gasteiger partial charge in [-0.3, -0.25) is 14.5 Å². The number of aliphatic hydroxyl groups is 1. The lowest BCUT2D eigenvalue weighted by Gasteiger charge is -2.19. The number of rotatable bonds is 5. The Morgan fingerprint density at radius 2 is 2.00 bits per heavy atom. The Labute approximate surface area is 84.2 Å². The molecule has 0 aliphatic carbocycles. The summed E-state index contributed by atoms with van der Waals surface area (Å²) in [6, 6.07) is -0.475. The fraction of sp³-hybridized carbons (Fsp3) is 0.600. The SMILES string of the molecule is CC(C)/C=C/C(=O)N(C=O)C(C)CO. The number of hydrogen-bond donors (Lipinski definition) is 1. The summed E-state index contributed by atoms with van der Waals surface area (Å²) in [6.07, 6.45) is 3.50. The molecule has 0 aromatic rings. The van der Waals surface area contributed by atoms with E-state index < -0.39 is 11.9 Å². The Balaban J connectivity index is 4.39. The minimum Gasteiger partial charge on any atom is -0.394 e. The smallest absolute Gasteiger partial charge is 0.252 e. The molecule has 0 rings (SSSR count). The van der Waals surface area contributed by atoms with E-state index >= 15 is 0 Å². The van der Waals surface area contributed by atoms with E-state index in [9.17, 15) is 9.59 Å². The lowest BCUT2D eigenvalue weighted by atomic mass is 10.2. The summed E-state index contributed by atoms with van der Waals surface area (Å²) in [6.45, 7) is 5.25. The molecule has 0 saturated heterocycles. The van der Waals surface area contributed by atoms with Crippen LogP contribution in [0.15, 0.2) is 12.2 Å². The van der Waals surface area contributed by atoms with E-state index in [1.54, 1.807) is 13.0 Å². The highest BCUT2D eigenvalue weighted by atomic mass is 16.3. The van der Waals surface area contributed by atoms with Gasteiger partial charge in [-0.25, -0.2) is 0 Å². The molecule has 2 amide bonds. The summed E-state index contributed by atoms with van der Waals surface area (Å²) in [7, 11) is 0. The molecule has 0 aliphatic rings. The summed E-state index contributed by atoms with van der Waals surface area (Å²) in [5.41, 5.74) is 0. The van der Waals surface area contributed by atoms with Gasteiger partial charge in [-0.1, -0.05) is 19.9 Å². The lowest BCUT2D eigenvalue weighted by Crippen LogP contribution is -2.38. The Bertz CT molecular complexity index is 223. The number of carbonyl (C=O) groups excluding carboxylic acids is 2. The van der Waals surface area contributed by atoms with Gasteiger partial charge in [-0.2, -0.15) is 0 Å². The van der Waals surface area contributed by atoms with Crippen molar-refractivity contribution in [2.24, 2.45) is 5.92 Å². The first-order valence-electron chi connectivity index (χ1n) is 4.59. The van der Waals surface area contributed by atoms with Crippen LogP contribution in [-0.2, 0) is 9.59 Å². The zero-order chi connectivity index (χ0) is 11.1. The van der Waals surface area contributed by atoms with Gasteiger partial charge in [0, 0.05) is 0 Å². The molecule has 0 saturated carbocycles. The monoisotopic (exact) mass is 199 g/mol. The predicted octanol–water partition coefficient (Wildman–Crippen LogP) is 0.564. The van der Waals surface area contributed by atoms with Crippen molar-refractivity contribution in [1.29, 1.82) is 0 Å². The Morgan fingerprint density at radius 1 is 1.43 bits per heavy atom. The van der Waals surface area contributed by atoms with Gasteiger partial charge < -0.3 is 5.11 Å². The molecule has 1 unspecified atom stereocenters. The highest BCUT2D eigenvalue weighted by molar-refractivity contribution is 5.94. The number of aliphatic hydroxyl groups excluding tert-OH is 1. The van der Waals surface area contributed by atoms with Crippen molar-refractivity contribution in [3.63, 3.8) is 0 Å². The van der Waals surface area contributed by atoms with Crippen LogP contribution in [0.1, 0.15) is 20.8 Å². The van der Waals surface area contributed by atoms with Gasteiger partial charge >= 0.3 is 0 Å². The van der Waals surface area contributed by atoms with Crippen molar-refractivity contribution < 1.29 is 14.7 Å². The second-order valence-electron chi connectivity index (χ2n) is 3.49. The van der Waals surface area contributed by atoms with E-state index in [0.29, 0.717) is 6.41 Å². The predicted molar refractivity (Wildman–Crippen MR) is 53.4 cm³/mol. The first-order valence-corrected chi connectivity index (χ1v) is 4.59. The first-order chi connectivity index (χ1) is 6.52. The van der Waals surface area contributed by atoms with Crippen molar-refractivity contribution >= 4 is 12.3 Å². The quantitative estimate of drug-likeness (QED) is 0.520. The largest absolute Gasteiger partial charge is 0.394 e. The van der Waals surface area contributed by atoms with E-state index in [1.165, 1.54) is 6.08 Å². The zero-order valence-corrected chi connectivity index (χ0v) is 8.80. The standard InChI is InChI=1S/C10H17NO3/c1-8(2)4-5-10(14)11(7-13)9(3)6-12/h4-5,7-9,12H,6H2,1-3H3/b5-4+. The fourth-order valence-electron chi connectivity index (χ4n) is 0.822. The molecule has 0 radical (unpaired) electrons. The van der Waals surface area contributed by atoms with E-state index in [4.69, 9.17) is 5.11 Å². The van der Waals surface area contributed by atoms with Crippen LogP contribution in [0.3, 0.4) is 0 Å². The summed E-state index contributed by atoms with van der Waals surface area (Å²) in [5, 5.41) is 8.79. The molecular weight excluding hydrogens is 182 g/mol. The number of nitrogens with zero attached hydrogens (tertiary/aromatic N) is 1. The second kappa shape index (κ2) is 6.32. The van der Waals surface area contributed by atoms with Crippen LogP contribution in [0.5, 0.6) is 0 Å². The number of amides is 2. The van der Waals surface area contributed by atoms with Gasteiger partial charge in [0.2, 0.25) is 6.41 Å².